The van der Waals surface area contributed by atoms with Crippen molar-refractivity contribution in [1.82, 2.24) is 0 Å². The van der Waals surface area contributed by atoms with Gasteiger partial charge >= 0.3 is 331 Å². The summed E-state index contributed by atoms with van der Waals surface area (Å²) in [5.41, 5.74) is 4.87. The number of benzene rings is 2. The molecule has 296 valence electrons. The maximum atomic E-state index is 7.85. The van der Waals surface area contributed by atoms with Crippen molar-refractivity contribution in [2.24, 2.45) is 0 Å². The summed E-state index contributed by atoms with van der Waals surface area (Å²) in [4.78, 5) is 0. The van der Waals surface area contributed by atoms with Crippen molar-refractivity contribution in [3.05, 3.63) is 70.8 Å². The fraction of sp³-hybridized carbons (Fsp3) is 0.619. The van der Waals surface area contributed by atoms with Crippen molar-refractivity contribution in [1.29, 1.82) is 0 Å². The summed E-state index contributed by atoms with van der Waals surface area (Å²) >= 11 is -1.79. The summed E-state index contributed by atoms with van der Waals surface area (Å²) in [5, 5.41) is 0.249. The Bertz CT molecular complexity index is 1570. The summed E-state index contributed by atoms with van der Waals surface area (Å²) in [6, 6.07) is 13.4. The third-order valence-corrected chi connectivity index (χ3v) is 36.1. The van der Waals surface area contributed by atoms with Crippen molar-refractivity contribution in [2.45, 2.75) is 162 Å². The summed E-state index contributed by atoms with van der Waals surface area (Å²) in [7, 11) is -8.77. The molecule has 2 aliphatic carbocycles. The molecule has 0 saturated carbocycles. The third-order valence-electron chi connectivity index (χ3n) is 13.1. The molecule has 11 heteroatoms. The van der Waals surface area contributed by atoms with Crippen molar-refractivity contribution in [2.75, 3.05) is 0 Å². The Morgan fingerprint density at radius 2 is 0.736 bits per heavy atom. The van der Waals surface area contributed by atoms with E-state index in [1.807, 2.05) is 0 Å². The predicted octanol–water partition coefficient (Wildman–Crippen LogP) is 7.65. The number of halogens is 2. The largest absolute Gasteiger partial charge is 1.00 e. The molecule has 0 radical (unpaired) electrons. The topological polar surface area (TPSA) is 36.9 Å². The van der Waals surface area contributed by atoms with E-state index in [0.717, 1.165) is 11.5 Å². The van der Waals surface area contributed by atoms with Gasteiger partial charge in [-0.25, -0.2) is 0 Å². The van der Waals surface area contributed by atoms with Crippen LogP contribution in [0.15, 0.2) is 48.6 Å². The summed E-state index contributed by atoms with van der Waals surface area (Å²) in [6.07, 6.45) is 9.48. The quantitative estimate of drug-likeness (QED) is 0.230. The molecule has 4 nitrogen and oxygen atoms in total. The van der Waals surface area contributed by atoms with Crippen LogP contribution >= 0.6 is 0 Å². The van der Waals surface area contributed by atoms with E-state index < -0.39 is 63.1 Å². The average Bonchev–Trinajstić information content (AvgIpc) is 3.45. The molecule has 2 aromatic carbocycles. The van der Waals surface area contributed by atoms with Crippen LogP contribution in [0.2, 0.25) is 72.5 Å². The Hall–Kier alpha value is -0.229. The summed E-state index contributed by atoms with van der Waals surface area (Å²) < 4.78 is 28.7. The van der Waals surface area contributed by atoms with Crippen molar-refractivity contribution >= 4 is 45.4 Å². The second kappa shape index (κ2) is 15.5. The molecular weight excluding hydrogens is 843 g/mol. The maximum Gasteiger partial charge on any atom is -1.00 e. The molecular formula is C42H70Cl2O4Si4Zr. The molecule has 0 heterocycles. The second-order valence-electron chi connectivity index (χ2n) is 21.1. The molecule has 0 aromatic heterocycles. The predicted molar refractivity (Wildman–Crippen MR) is 227 cm³/mol. The average molecular weight is 913 g/mol. The molecule has 0 bridgehead atoms. The van der Waals surface area contributed by atoms with Gasteiger partial charge in [0.15, 0.2) is 0 Å². The Labute approximate surface area is 353 Å². The van der Waals surface area contributed by atoms with Crippen LogP contribution < -0.4 is 33.7 Å². The molecule has 0 spiro atoms. The zero-order valence-corrected chi connectivity index (χ0v) is 44.6. The van der Waals surface area contributed by atoms with Gasteiger partial charge in [0.2, 0.25) is 0 Å². The molecule has 0 saturated heterocycles. The van der Waals surface area contributed by atoms with Gasteiger partial charge in [-0.15, -0.1) is 0 Å². The Kier molecular flexibility index (Phi) is 14.3. The number of fused-ring (bicyclic) bond motifs is 2. The van der Waals surface area contributed by atoms with Crippen LogP contribution in [0.1, 0.15) is 105 Å². The SMILES string of the molecule is CC(C)(C)[Si](C)(C)Oc1cccc2c1C=C[C]2(O[Si](C)(C)C(C)(C)C)[Zr+2][C]1(O[Si](C)(C)C(C)(C)C)C=Cc2c(O[Si](C)(C)C(C)(C)C)cccc21.[Cl-].[Cl-]. The minimum atomic E-state index is -2.29. The van der Waals surface area contributed by atoms with Crippen LogP contribution in [-0.4, -0.2) is 33.3 Å². The molecule has 2 atom stereocenters. The standard InChI is InChI=1S/2C21H35O2Si2.2ClH.Zr/c2*1-20(2,3)24(7,8)22-18-13-11-12-16-17(18)14-15-19(16)23-25(9,10)21(4,5)6;;;/h2*11-15H,1-10H3;2*1H;/q;;;;+2/p-2. The molecule has 0 aliphatic heterocycles. The van der Waals surface area contributed by atoms with E-state index in [1.165, 1.54) is 22.3 Å². The van der Waals surface area contributed by atoms with Gasteiger partial charge in [-0.1, -0.05) is 0 Å². The molecule has 4 rings (SSSR count). The molecule has 2 aromatic rings. The van der Waals surface area contributed by atoms with Crippen LogP contribution in [0, 0.1) is 0 Å². The summed E-state index contributed by atoms with van der Waals surface area (Å²) in [5.74, 6) is 1.98. The van der Waals surface area contributed by atoms with Gasteiger partial charge in [0.25, 0.3) is 0 Å². The van der Waals surface area contributed by atoms with Gasteiger partial charge in [-0.2, -0.15) is 0 Å². The van der Waals surface area contributed by atoms with E-state index >= 15 is 0 Å². The van der Waals surface area contributed by atoms with Gasteiger partial charge in [0.1, 0.15) is 0 Å². The van der Waals surface area contributed by atoms with Crippen LogP contribution in [-0.2, 0) is 38.7 Å². The van der Waals surface area contributed by atoms with Gasteiger partial charge in [0, 0.05) is 0 Å². The third kappa shape index (κ3) is 9.57. The van der Waals surface area contributed by atoms with Crippen LogP contribution in [0.25, 0.3) is 12.2 Å². The first-order valence-corrected chi connectivity index (χ1v) is 33.0. The van der Waals surface area contributed by atoms with Gasteiger partial charge < -0.3 is 24.8 Å². The fourth-order valence-corrected chi connectivity index (χ4v) is 18.7. The van der Waals surface area contributed by atoms with E-state index in [4.69, 9.17) is 17.7 Å². The van der Waals surface area contributed by atoms with Crippen molar-refractivity contribution in [3.8, 4) is 11.5 Å². The molecule has 2 unspecified atom stereocenters. The smallest absolute Gasteiger partial charge is 1.00 e. The first-order valence-electron chi connectivity index (χ1n) is 18.9. The van der Waals surface area contributed by atoms with E-state index in [-0.39, 0.29) is 45.0 Å². The monoisotopic (exact) mass is 910 g/mol. The van der Waals surface area contributed by atoms with E-state index in [2.05, 4.69) is 196 Å². The first kappa shape index (κ1) is 48.9. The summed E-state index contributed by atoms with van der Waals surface area (Å²) in [6.45, 7) is 47.0. The molecule has 53 heavy (non-hydrogen) atoms. The molecule has 0 N–H and O–H groups in total. The number of hydrogen-bond donors (Lipinski definition) is 0. The number of rotatable bonds is 10. The van der Waals surface area contributed by atoms with Crippen molar-refractivity contribution < 1.29 is 65.8 Å². The molecule has 2 aliphatic rings. The molecule has 0 fully saturated rings. The van der Waals surface area contributed by atoms with Gasteiger partial charge in [0.05, 0.1) is 0 Å². The zero-order valence-electron chi connectivity index (χ0n) is 36.7. The Balaban J connectivity index is 0.00000486. The van der Waals surface area contributed by atoms with Crippen LogP contribution in [0.3, 0.4) is 0 Å². The first-order chi connectivity index (χ1) is 22.7. The zero-order chi connectivity index (χ0) is 39.1. The normalized spacial score (nSPS) is 20.6. The van der Waals surface area contributed by atoms with Crippen LogP contribution in [0.5, 0.6) is 11.5 Å². The minimum Gasteiger partial charge on any atom is -1.00 e. The maximum absolute atomic E-state index is 7.85. The van der Waals surface area contributed by atoms with E-state index in [1.54, 1.807) is 0 Å². The minimum absolute atomic E-state index is 0. The number of hydrogen-bond acceptors (Lipinski definition) is 4. The van der Waals surface area contributed by atoms with Crippen LogP contribution in [0.4, 0.5) is 0 Å². The molecule has 0 amide bonds. The van der Waals surface area contributed by atoms with E-state index in [9.17, 15) is 0 Å². The van der Waals surface area contributed by atoms with Crippen molar-refractivity contribution in [3.63, 3.8) is 0 Å². The van der Waals surface area contributed by atoms with E-state index in [0.29, 0.717) is 0 Å². The fourth-order valence-electron chi connectivity index (χ4n) is 5.53. The Morgan fingerprint density at radius 3 is 1.00 bits per heavy atom. The van der Waals surface area contributed by atoms with Gasteiger partial charge in [-0.05, 0) is 0 Å². The Morgan fingerprint density at radius 1 is 0.453 bits per heavy atom. The van der Waals surface area contributed by atoms with Gasteiger partial charge in [-0.3, -0.25) is 0 Å². The second-order valence-corrected chi connectivity index (χ2v) is 44.3.